The maximum absolute atomic E-state index is 11.9. The fraction of sp³-hybridized carbons (Fsp3) is 0.231. The van der Waals surface area contributed by atoms with E-state index >= 15 is 0 Å². The van der Waals surface area contributed by atoms with Gasteiger partial charge in [-0.2, -0.15) is 4.41 Å². The van der Waals surface area contributed by atoms with Gasteiger partial charge in [-0.1, -0.05) is 23.2 Å². The number of hydrogen-bond acceptors (Lipinski definition) is 5. The molecule has 1 aromatic carbocycles. The maximum Gasteiger partial charge on any atom is 0.228 e. The van der Waals surface area contributed by atoms with E-state index in [-0.39, 0.29) is 5.78 Å². The molecular weight excluding hydrogens is 319 g/mol. The first-order chi connectivity index (χ1) is 9.52. The molecule has 1 aromatic rings. The van der Waals surface area contributed by atoms with E-state index in [1.807, 2.05) is 6.26 Å². The molecule has 0 spiro atoms. The summed E-state index contributed by atoms with van der Waals surface area (Å²) in [5.74, 6) is -0.115. The summed E-state index contributed by atoms with van der Waals surface area (Å²) in [5.41, 5.74) is 1.13. The number of ether oxygens (including phenoxy) is 1. The van der Waals surface area contributed by atoms with Crippen LogP contribution in [0.15, 0.2) is 28.9 Å². The van der Waals surface area contributed by atoms with Crippen LogP contribution in [0.5, 0.6) is 0 Å². The number of carbonyl (C=O) groups is 1. The Kier molecular flexibility index (Phi) is 4.96. The van der Waals surface area contributed by atoms with Gasteiger partial charge in [0.05, 0.1) is 5.57 Å². The zero-order valence-corrected chi connectivity index (χ0v) is 13.2. The molecule has 0 radical (unpaired) electrons. The minimum absolute atomic E-state index is 0.115. The summed E-state index contributed by atoms with van der Waals surface area (Å²) in [5, 5.41) is 5.08. The van der Waals surface area contributed by atoms with E-state index < -0.39 is 6.23 Å². The summed E-state index contributed by atoms with van der Waals surface area (Å²) in [6, 6.07) is 5.08. The second-order valence-corrected chi connectivity index (χ2v) is 5.60. The summed E-state index contributed by atoms with van der Waals surface area (Å²) in [6.45, 7) is 1.48. The highest BCUT2D eigenvalue weighted by Gasteiger charge is 2.29. The van der Waals surface area contributed by atoms with E-state index in [2.05, 4.69) is 5.10 Å². The maximum atomic E-state index is 11.9. The Morgan fingerprint density at radius 3 is 2.90 bits per heavy atom. The van der Waals surface area contributed by atoms with Crippen molar-refractivity contribution in [1.82, 2.24) is 4.41 Å². The molecule has 1 unspecified atom stereocenters. The summed E-state index contributed by atoms with van der Waals surface area (Å²) in [6.07, 6.45) is 4.29. The third-order valence-electron chi connectivity index (χ3n) is 2.68. The molecule has 0 amide bonds. The van der Waals surface area contributed by atoms with Crippen molar-refractivity contribution in [2.75, 3.05) is 6.26 Å². The highest BCUT2D eigenvalue weighted by molar-refractivity contribution is 7.96. The summed E-state index contributed by atoms with van der Waals surface area (Å²) in [7, 11) is 0. The summed E-state index contributed by atoms with van der Waals surface area (Å²) in [4.78, 5) is 11.9. The number of hydrogen-bond donors (Lipinski definition) is 0. The Hall–Kier alpha value is -1.17. The first-order valence-electron chi connectivity index (χ1n) is 5.71. The molecule has 0 saturated heterocycles. The Labute approximate surface area is 131 Å². The van der Waals surface area contributed by atoms with E-state index in [0.29, 0.717) is 21.2 Å². The molecule has 1 heterocycles. The number of hydrazone groups is 1. The number of benzene rings is 1. The smallest absolute Gasteiger partial charge is 0.228 e. The molecule has 0 aromatic heterocycles. The van der Waals surface area contributed by atoms with Gasteiger partial charge in [-0.25, -0.2) is 0 Å². The van der Waals surface area contributed by atoms with Gasteiger partial charge in [-0.15, -0.1) is 5.10 Å². The normalized spacial score (nSPS) is 18.3. The zero-order valence-electron chi connectivity index (χ0n) is 10.8. The molecule has 20 heavy (non-hydrogen) atoms. The average molecular weight is 331 g/mol. The topological polar surface area (TPSA) is 41.9 Å². The van der Waals surface area contributed by atoms with Crippen molar-refractivity contribution < 1.29 is 9.53 Å². The number of carbonyl (C=O) groups excluding carboxylic acids is 1. The van der Waals surface area contributed by atoms with Gasteiger partial charge in [0.15, 0.2) is 12.2 Å². The van der Waals surface area contributed by atoms with Crippen LogP contribution in [0.3, 0.4) is 0 Å². The first kappa shape index (κ1) is 15.2. The van der Waals surface area contributed by atoms with Gasteiger partial charge >= 0.3 is 0 Å². The van der Waals surface area contributed by atoms with Crippen molar-refractivity contribution in [3.8, 4) is 0 Å². The quantitative estimate of drug-likeness (QED) is 0.621. The standard InChI is InChI=1S/C13H12Cl2N2O2S/c1-8(18)11(13-17(20-2)16-7-19-13)6-9-5-10(14)3-4-12(9)15/h3-7,13H,1-2H3. The van der Waals surface area contributed by atoms with Gasteiger partial charge in [0, 0.05) is 16.3 Å². The minimum atomic E-state index is -0.558. The lowest BCUT2D eigenvalue weighted by atomic mass is 10.1. The largest absolute Gasteiger partial charge is 0.452 e. The zero-order chi connectivity index (χ0) is 14.7. The average Bonchev–Trinajstić information content (AvgIpc) is 2.87. The highest BCUT2D eigenvalue weighted by Crippen LogP contribution is 2.28. The number of rotatable bonds is 4. The van der Waals surface area contributed by atoms with E-state index in [0.717, 1.165) is 0 Å². The van der Waals surface area contributed by atoms with Crippen LogP contribution < -0.4 is 0 Å². The second kappa shape index (κ2) is 6.52. The number of halogens is 2. The molecule has 106 valence electrons. The van der Waals surface area contributed by atoms with Gasteiger partial charge in [0.1, 0.15) is 0 Å². The molecule has 0 fully saturated rings. The van der Waals surface area contributed by atoms with Gasteiger partial charge in [-0.3, -0.25) is 4.79 Å². The fourth-order valence-electron chi connectivity index (χ4n) is 1.72. The Balaban J connectivity index is 2.40. The number of Topliss-reactive ketones (excluding diaryl/α,β-unsaturated/α-hetero) is 1. The first-order valence-corrected chi connectivity index (χ1v) is 7.65. The van der Waals surface area contributed by atoms with Crippen molar-refractivity contribution >= 4 is 53.4 Å². The Morgan fingerprint density at radius 1 is 1.50 bits per heavy atom. The Morgan fingerprint density at radius 2 is 2.25 bits per heavy atom. The van der Waals surface area contributed by atoms with Crippen molar-refractivity contribution in [3.05, 3.63) is 39.4 Å². The number of ketones is 1. The molecule has 1 aliphatic heterocycles. The molecule has 1 atom stereocenters. The third kappa shape index (κ3) is 3.29. The molecule has 0 saturated carbocycles. The monoisotopic (exact) mass is 330 g/mol. The van der Waals surface area contributed by atoms with Gasteiger partial charge in [0.2, 0.25) is 6.23 Å². The second-order valence-electron chi connectivity index (χ2n) is 4.02. The lowest BCUT2D eigenvalue weighted by Gasteiger charge is -2.20. The molecular formula is C13H12Cl2N2O2S. The molecule has 0 bridgehead atoms. The van der Waals surface area contributed by atoms with Gasteiger partial charge in [-0.05, 0) is 48.7 Å². The van der Waals surface area contributed by atoms with Crippen LogP contribution in [0.4, 0.5) is 0 Å². The molecule has 2 rings (SSSR count). The van der Waals surface area contributed by atoms with Crippen LogP contribution in [0.2, 0.25) is 10.0 Å². The molecule has 7 heteroatoms. The number of nitrogens with zero attached hydrogens (tertiary/aromatic N) is 2. The van der Waals surface area contributed by atoms with Crippen LogP contribution in [0.25, 0.3) is 6.08 Å². The third-order valence-corrected chi connectivity index (χ3v) is 3.92. The predicted molar refractivity (Wildman–Crippen MR) is 83.8 cm³/mol. The predicted octanol–water partition coefficient (Wildman–Crippen LogP) is 3.85. The van der Waals surface area contributed by atoms with Gasteiger partial charge in [0.25, 0.3) is 0 Å². The Bertz CT molecular complexity index is 590. The summed E-state index contributed by atoms with van der Waals surface area (Å²) < 4.78 is 6.97. The minimum Gasteiger partial charge on any atom is -0.452 e. The van der Waals surface area contributed by atoms with Crippen molar-refractivity contribution in [1.29, 1.82) is 0 Å². The highest BCUT2D eigenvalue weighted by atomic mass is 35.5. The fourth-order valence-corrected chi connectivity index (χ4v) is 2.56. The van der Waals surface area contributed by atoms with E-state index in [1.54, 1.807) is 28.7 Å². The molecule has 0 N–H and O–H groups in total. The van der Waals surface area contributed by atoms with Crippen LogP contribution in [0.1, 0.15) is 12.5 Å². The SMILES string of the molecule is CSN1N=COC1C(=Cc1cc(Cl)ccc1Cl)C(C)=O. The van der Waals surface area contributed by atoms with Gasteiger partial charge < -0.3 is 4.74 Å². The summed E-state index contributed by atoms with van der Waals surface area (Å²) >= 11 is 13.4. The van der Waals surface area contributed by atoms with Crippen molar-refractivity contribution in [2.24, 2.45) is 5.10 Å². The molecule has 0 aliphatic carbocycles. The van der Waals surface area contributed by atoms with E-state index in [9.17, 15) is 4.79 Å². The van der Waals surface area contributed by atoms with Crippen LogP contribution in [-0.4, -0.2) is 29.1 Å². The van der Waals surface area contributed by atoms with Crippen LogP contribution >= 0.6 is 35.1 Å². The lowest BCUT2D eigenvalue weighted by molar-refractivity contribution is -0.114. The van der Waals surface area contributed by atoms with E-state index in [1.165, 1.54) is 25.3 Å². The van der Waals surface area contributed by atoms with Crippen LogP contribution in [0, 0.1) is 0 Å². The van der Waals surface area contributed by atoms with E-state index in [4.69, 9.17) is 27.9 Å². The molecule has 1 aliphatic rings. The lowest BCUT2D eigenvalue weighted by Crippen LogP contribution is -2.27. The molecule has 4 nitrogen and oxygen atoms in total. The van der Waals surface area contributed by atoms with Crippen molar-refractivity contribution in [3.63, 3.8) is 0 Å². The van der Waals surface area contributed by atoms with Crippen molar-refractivity contribution in [2.45, 2.75) is 13.2 Å². The van der Waals surface area contributed by atoms with Crippen LogP contribution in [-0.2, 0) is 9.53 Å².